The van der Waals surface area contributed by atoms with E-state index in [9.17, 15) is 18.5 Å². The maximum absolute atomic E-state index is 11.9. The van der Waals surface area contributed by atoms with Crippen LogP contribution in [-0.2, 0) is 10.0 Å². The highest BCUT2D eigenvalue weighted by molar-refractivity contribution is 7.92. The minimum absolute atomic E-state index is 0.0503. The number of ether oxygens (including phenoxy) is 1. The largest absolute Gasteiger partial charge is 0.492 e. The maximum atomic E-state index is 11.9. The molecule has 0 bridgehead atoms. The fourth-order valence-corrected chi connectivity index (χ4v) is 2.57. The van der Waals surface area contributed by atoms with Gasteiger partial charge in [-0.1, -0.05) is 18.2 Å². The SMILES string of the molecule is O=[N+]([O-])c1ccc(OCCS(=O)(=O)Nc2ccccc2)cc1. The molecule has 2 aromatic rings. The number of sulfonamides is 1. The van der Waals surface area contributed by atoms with Crippen LogP contribution in [0.25, 0.3) is 0 Å². The lowest BCUT2D eigenvalue weighted by atomic mass is 10.3. The van der Waals surface area contributed by atoms with Crippen molar-refractivity contribution in [2.75, 3.05) is 17.1 Å². The molecule has 0 unspecified atom stereocenters. The van der Waals surface area contributed by atoms with E-state index in [0.29, 0.717) is 11.4 Å². The second kappa shape index (κ2) is 6.90. The molecule has 0 amide bonds. The molecule has 0 spiro atoms. The third-order valence-corrected chi connectivity index (χ3v) is 3.97. The van der Waals surface area contributed by atoms with Crippen molar-refractivity contribution in [3.8, 4) is 5.75 Å². The highest BCUT2D eigenvalue weighted by Crippen LogP contribution is 2.17. The zero-order valence-electron chi connectivity index (χ0n) is 11.5. The number of nitrogens with one attached hydrogen (secondary N) is 1. The molecule has 2 aromatic carbocycles. The lowest BCUT2D eigenvalue weighted by Crippen LogP contribution is -2.21. The van der Waals surface area contributed by atoms with Crippen molar-refractivity contribution in [1.82, 2.24) is 0 Å². The van der Waals surface area contributed by atoms with E-state index in [1.807, 2.05) is 0 Å². The molecule has 0 atom stereocenters. The maximum Gasteiger partial charge on any atom is 0.269 e. The van der Waals surface area contributed by atoms with Crippen molar-refractivity contribution in [2.24, 2.45) is 0 Å². The Morgan fingerprint density at radius 3 is 2.27 bits per heavy atom. The molecule has 8 heteroatoms. The number of non-ortho nitro benzene ring substituents is 1. The van der Waals surface area contributed by atoms with Gasteiger partial charge in [0.15, 0.2) is 0 Å². The first-order valence-corrected chi connectivity index (χ1v) is 8.04. The molecular weight excluding hydrogens is 308 g/mol. The Balaban J connectivity index is 1.86. The molecule has 0 aromatic heterocycles. The number of nitro groups is 1. The van der Waals surface area contributed by atoms with Crippen LogP contribution in [-0.4, -0.2) is 25.7 Å². The number of hydrogen-bond donors (Lipinski definition) is 1. The molecule has 116 valence electrons. The first-order chi connectivity index (χ1) is 10.5. The van der Waals surface area contributed by atoms with E-state index < -0.39 is 14.9 Å². The van der Waals surface area contributed by atoms with Crippen LogP contribution in [0, 0.1) is 10.1 Å². The van der Waals surface area contributed by atoms with Gasteiger partial charge in [0.2, 0.25) is 10.0 Å². The summed E-state index contributed by atoms with van der Waals surface area (Å²) in [6.45, 7) is -0.0556. The summed E-state index contributed by atoms with van der Waals surface area (Å²) in [7, 11) is -3.51. The summed E-state index contributed by atoms with van der Waals surface area (Å²) in [6.07, 6.45) is 0. The van der Waals surface area contributed by atoms with Gasteiger partial charge in [0.25, 0.3) is 5.69 Å². The van der Waals surface area contributed by atoms with Gasteiger partial charge in [-0.15, -0.1) is 0 Å². The highest BCUT2D eigenvalue weighted by atomic mass is 32.2. The summed E-state index contributed by atoms with van der Waals surface area (Å²) in [5, 5.41) is 10.5. The number of rotatable bonds is 7. The Morgan fingerprint density at radius 2 is 1.68 bits per heavy atom. The van der Waals surface area contributed by atoms with Crippen LogP contribution in [0.4, 0.5) is 11.4 Å². The summed E-state index contributed by atoms with van der Waals surface area (Å²) in [5.74, 6) is 0.152. The quantitative estimate of drug-likeness (QED) is 0.623. The molecule has 0 aliphatic carbocycles. The van der Waals surface area contributed by atoms with Crippen LogP contribution in [0.5, 0.6) is 5.75 Å². The van der Waals surface area contributed by atoms with Gasteiger partial charge < -0.3 is 4.74 Å². The lowest BCUT2D eigenvalue weighted by Gasteiger charge is -2.09. The molecule has 7 nitrogen and oxygen atoms in total. The molecule has 0 radical (unpaired) electrons. The van der Waals surface area contributed by atoms with Gasteiger partial charge in [0.05, 0.1) is 4.92 Å². The van der Waals surface area contributed by atoms with Crippen molar-refractivity contribution < 1.29 is 18.1 Å². The summed E-state index contributed by atoms with van der Waals surface area (Å²) in [4.78, 5) is 9.99. The van der Waals surface area contributed by atoms with Crippen LogP contribution in [0.1, 0.15) is 0 Å². The number of benzene rings is 2. The number of nitrogens with zero attached hydrogens (tertiary/aromatic N) is 1. The van der Waals surface area contributed by atoms with Gasteiger partial charge in [-0.2, -0.15) is 0 Å². The molecule has 0 saturated carbocycles. The average molecular weight is 322 g/mol. The Morgan fingerprint density at radius 1 is 1.05 bits per heavy atom. The third-order valence-electron chi connectivity index (χ3n) is 2.72. The van der Waals surface area contributed by atoms with E-state index in [0.717, 1.165) is 0 Å². The van der Waals surface area contributed by atoms with Crippen molar-refractivity contribution in [3.63, 3.8) is 0 Å². The zero-order valence-corrected chi connectivity index (χ0v) is 12.3. The van der Waals surface area contributed by atoms with E-state index >= 15 is 0 Å². The molecule has 0 heterocycles. The van der Waals surface area contributed by atoms with Gasteiger partial charge in [-0.3, -0.25) is 14.8 Å². The molecule has 0 fully saturated rings. The summed E-state index contributed by atoms with van der Waals surface area (Å²) in [5.41, 5.74) is 0.434. The Labute approximate surface area is 127 Å². The van der Waals surface area contributed by atoms with Crippen molar-refractivity contribution in [2.45, 2.75) is 0 Å². The van der Waals surface area contributed by atoms with Crippen molar-refractivity contribution in [3.05, 3.63) is 64.7 Å². The summed E-state index contributed by atoms with van der Waals surface area (Å²) in [6, 6.07) is 14.0. The van der Waals surface area contributed by atoms with Crippen LogP contribution in [0.3, 0.4) is 0 Å². The van der Waals surface area contributed by atoms with Crippen LogP contribution >= 0.6 is 0 Å². The van der Waals surface area contributed by atoms with Gasteiger partial charge >= 0.3 is 0 Å². The first-order valence-electron chi connectivity index (χ1n) is 6.39. The average Bonchev–Trinajstić information content (AvgIpc) is 2.48. The Hall–Kier alpha value is -2.61. The summed E-state index contributed by atoms with van der Waals surface area (Å²) < 4.78 is 31.4. The number of hydrogen-bond acceptors (Lipinski definition) is 5. The third kappa shape index (κ3) is 4.74. The van der Waals surface area contributed by atoms with E-state index in [2.05, 4.69) is 4.72 Å². The Bertz CT molecular complexity index is 730. The molecule has 0 aliphatic heterocycles. The fourth-order valence-electron chi connectivity index (χ4n) is 1.67. The van der Waals surface area contributed by atoms with Gasteiger partial charge in [0, 0.05) is 17.8 Å². The van der Waals surface area contributed by atoms with Crippen LogP contribution in [0.15, 0.2) is 54.6 Å². The van der Waals surface area contributed by atoms with E-state index in [4.69, 9.17) is 4.74 Å². The topological polar surface area (TPSA) is 98.5 Å². The predicted octanol–water partition coefficient (Wildman–Crippen LogP) is 2.42. The minimum Gasteiger partial charge on any atom is -0.492 e. The van der Waals surface area contributed by atoms with Gasteiger partial charge in [-0.05, 0) is 24.3 Å². The predicted molar refractivity (Wildman–Crippen MR) is 82.4 cm³/mol. The molecule has 2 rings (SSSR count). The Kier molecular flexibility index (Phi) is 4.95. The standard InChI is InChI=1S/C14H14N2O5S/c17-16(18)13-6-8-14(9-7-13)21-10-11-22(19,20)15-12-4-2-1-3-5-12/h1-9,15H,10-11H2. The van der Waals surface area contributed by atoms with Crippen LogP contribution in [0.2, 0.25) is 0 Å². The zero-order chi connectivity index (χ0) is 16.0. The number of para-hydroxylation sites is 1. The summed E-state index contributed by atoms with van der Waals surface area (Å²) >= 11 is 0. The van der Waals surface area contributed by atoms with Crippen LogP contribution < -0.4 is 9.46 Å². The van der Waals surface area contributed by atoms with E-state index in [-0.39, 0.29) is 18.0 Å². The second-order valence-electron chi connectivity index (χ2n) is 4.39. The molecule has 0 aliphatic rings. The fraction of sp³-hybridized carbons (Fsp3) is 0.143. The van der Waals surface area contributed by atoms with Gasteiger partial charge in [0.1, 0.15) is 18.1 Å². The minimum atomic E-state index is -3.51. The monoisotopic (exact) mass is 322 g/mol. The molecule has 22 heavy (non-hydrogen) atoms. The van der Waals surface area contributed by atoms with E-state index in [1.165, 1.54) is 24.3 Å². The van der Waals surface area contributed by atoms with Gasteiger partial charge in [-0.25, -0.2) is 8.42 Å². The number of anilines is 1. The first kappa shape index (κ1) is 15.8. The normalized spacial score (nSPS) is 10.9. The smallest absolute Gasteiger partial charge is 0.269 e. The molecule has 0 saturated heterocycles. The van der Waals surface area contributed by atoms with E-state index in [1.54, 1.807) is 30.3 Å². The highest BCUT2D eigenvalue weighted by Gasteiger charge is 2.11. The number of nitro benzene ring substituents is 1. The second-order valence-corrected chi connectivity index (χ2v) is 6.23. The lowest BCUT2D eigenvalue weighted by molar-refractivity contribution is -0.384. The molecule has 1 N–H and O–H groups in total. The molecular formula is C14H14N2O5S. The van der Waals surface area contributed by atoms with Crippen molar-refractivity contribution in [1.29, 1.82) is 0 Å². The van der Waals surface area contributed by atoms with Crippen molar-refractivity contribution >= 4 is 21.4 Å².